The highest BCUT2D eigenvalue weighted by Crippen LogP contribution is 2.18. The van der Waals surface area contributed by atoms with Gasteiger partial charge in [-0.05, 0) is 42.8 Å². The van der Waals surface area contributed by atoms with Crippen LogP contribution in [0.2, 0.25) is 5.02 Å². The lowest BCUT2D eigenvalue weighted by atomic mass is 10.1. The van der Waals surface area contributed by atoms with Gasteiger partial charge in [-0.1, -0.05) is 35.9 Å². The molecule has 2 N–H and O–H groups in total. The Bertz CT molecular complexity index is 881. The number of hydrogen-bond acceptors (Lipinski definition) is 3. The molecule has 0 aromatic heterocycles. The van der Waals surface area contributed by atoms with Crippen LogP contribution in [0.25, 0.3) is 0 Å². The molecule has 132 valence electrons. The first kappa shape index (κ1) is 19.2. The third kappa shape index (κ3) is 5.16. The average molecular weight is 379 g/mol. The van der Waals surface area contributed by atoms with Gasteiger partial charge in [-0.3, -0.25) is 4.79 Å². The zero-order valence-corrected chi connectivity index (χ0v) is 15.3. The van der Waals surface area contributed by atoms with E-state index in [9.17, 15) is 13.2 Å². The summed E-state index contributed by atoms with van der Waals surface area (Å²) in [5.41, 5.74) is 1.12. The number of carbonyl (C=O) groups excluding carboxylic acids is 1. The summed E-state index contributed by atoms with van der Waals surface area (Å²) in [6.07, 6.45) is 1.45. The third-order valence-electron chi connectivity index (χ3n) is 3.52. The van der Waals surface area contributed by atoms with Crippen molar-refractivity contribution in [2.24, 2.45) is 0 Å². The van der Waals surface area contributed by atoms with Gasteiger partial charge in [0.15, 0.2) is 0 Å². The minimum absolute atomic E-state index is 0.0254. The molecule has 0 fully saturated rings. The number of hydrogen-bond donors (Lipinski definition) is 2. The van der Waals surface area contributed by atoms with E-state index in [0.717, 1.165) is 5.56 Å². The number of carbonyl (C=O) groups is 1. The average Bonchev–Trinajstić information content (AvgIpc) is 2.60. The Hall–Kier alpha value is -2.15. The number of halogens is 1. The van der Waals surface area contributed by atoms with Crippen LogP contribution in [0, 0.1) is 0 Å². The molecule has 0 aliphatic rings. The van der Waals surface area contributed by atoms with Crippen molar-refractivity contribution in [1.29, 1.82) is 0 Å². The molecule has 2 aromatic carbocycles. The molecular formula is C18H19ClN2O3S. The van der Waals surface area contributed by atoms with Gasteiger partial charge < -0.3 is 5.32 Å². The molecule has 2 aromatic rings. The van der Waals surface area contributed by atoms with E-state index in [1.165, 1.54) is 24.3 Å². The van der Waals surface area contributed by atoms with Gasteiger partial charge in [-0.25, -0.2) is 13.1 Å². The topological polar surface area (TPSA) is 75.3 Å². The molecule has 0 radical (unpaired) electrons. The Balaban J connectivity index is 2.17. The van der Waals surface area contributed by atoms with Gasteiger partial charge >= 0.3 is 0 Å². The summed E-state index contributed by atoms with van der Waals surface area (Å²) >= 11 is 5.96. The van der Waals surface area contributed by atoms with Crippen molar-refractivity contribution in [3.63, 3.8) is 0 Å². The maximum Gasteiger partial charge on any atom is 0.251 e. The van der Waals surface area contributed by atoms with E-state index in [1.807, 2.05) is 13.0 Å². The van der Waals surface area contributed by atoms with E-state index < -0.39 is 10.0 Å². The Kier molecular flexibility index (Phi) is 6.36. The molecule has 0 spiro atoms. The molecule has 0 bridgehead atoms. The van der Waals surface area contributed by atoms with E-state index in [4.69, 9.17) is 11.6 Å². The Labute approximate surface area is 152 Å². The summed E-state index contributed by atoms with van der Waals surface area (Å²) in [5, 5.41) is 3.42. The minimum Gasteiger partial charge on any atom is -0.346 e. The van der Waals surface area contributed by atoms with Gasteiger partial charge in [0.25, 0.3) is 5.91 Å². The molecule has 2 rings (SSSR count). The van der Waals surface area contributed by atoms with E-state index in [-0.39, 0.29) is 29.0 Å². The molecule has 1 atom stereocenters. The number of sulfonamides is 1. The van der Waals surface area contributed by atoms with Crippen molar-refractivity contribution in [2.75, 3.05) is 6.54 Å². The lowest BCUT2D eigenvalue weighted by Gasteiger charge is -2.15. The van der Waals surface area contributed by atoms with Crippen molar-refractivity contribution in [1.82, 2.24) is 10.0 Å². The lowest BCUT2D eigenvalue weighted by molar-refractivity contribution is 0.0939. The van der Waals surface area contributed by atoms with Crippen LogP contribution >= 0.6 is 11.6 Å². The largest absolute Gasteiger partial charge is 0.346 e. The molecule has 1 amide bonds. The number of rotatable bonds is 7. The smallest absolute Gasteiger partial charge is 0.251 e. The molecule has 0 saturated heterocycles. The fourth-order valence-electron chi connectivity index (χ4n) is 2.20. The quantitative estimate of drug-likeness (QED) is 0.726. The maximum atomic E-state index is 12.4. The first-order valence-corrected chi connectivity index (χ1v) is 9.46. The van der Waals surface area contributed by atoms with E-state index in [1.54, 1.807) is 24.3 Å². The SMILES string of the molecule is C=CCNS(=O)(=O)c1cccc(C(=O)NC(C)c2cccc(Cl)c2)c1. The van der Waals surface area contributed by atoms with E-state index in [2.05, 4.69) is 16.6 Å². The molecule has 0 aliphatic carbocycles. The summed E-state index contributed by atoms with van der Waals surface area (Å²) in [4.78, 5) is 12.5. The molecule has 0 saturated carbocycles. The third-order valence-corrected chi connectivity index (χ3v) is 5.18. The van der Waals surface area contributed by atoms with Crippen LogP contribution in [0.3, 0.4) is 0 Å². The second kappa shape index (κ2) is 8.29. The van der Waals surface area contributed by atoms with Gasteiger partial charge in [-0.15, -0.1) is 6.58 Å². The molecule has 1 unspecified atom stereocenters. The Morgan fingerprint density at radius 1 is 1.24 bits per heavy atom. The second-order valence-electron chi connectivity index (χ2n) is 5.42. The van der Waals surface area contributed by atoms with Crippen molar-refractivity contribution < 1.29 is 13.2 Å². The van der Waals surface area contributed by atoms with Crippen LogP contribution in [0.15, 0.2) is 66.1 Å². The van der Waals surface area contributed by atoms with Gasteiger partial charge in [0, 0.05) is 17.1 Å². The summed E-state index contributed by atoms with van der Waals surface area (Å²) in [6, 6.07) is 12.8. The number of amides is 1. The van der Waals surface area contributed by atoms with Crippen molar-refractivity contribution in [2.45, 2.75) is 17.9 Å². The van der Waals surface area contributed by atoms with E-state index in [0.29, 0.717) is 5.02 Å². The van der Waals surface area contributed by atoms with Crippen LogP contribution in [0.5, 0.6) is 0 Å². The summed E-state index contributed by atoms with van der Waals surface area (Å²) in [5.74, 6) is -0.367. The molecular weight excluding hydrogens is 360 g/mol. The fourth-order valence-corrected chi connectivity index (χ4v) is 3.44. The zero-order chi connectivity index (χ0) is 18.4. The Morgan fingerprint density at radius 2 is 1.96 bits per heavy atom. The van der Waals surface area contributed by atoms with Crippen LogP contribution < -0.4 is 10.0 Å². The van der Waals surface area contributed by atoms with Crippen molar-refractivity contribution in [3.05, 3.63) is 77.3 Å². The second-order valence-corrected chi connectivity index (χ2v) is 7.62. The lowest BCUT2D eigenvalue weighted by Crippen LogP contribution is -2.27. The van der Waals surface area contributed by atoms with Crippen LogP contribution in [0.4, 0.5) is 0 Å². The molecule has 0 heterocycles. The van der Waals surface area contributed by atoms with Gasteiger partial charge in [-0.2, -0.15) is 0 Å². The fraction of sp³-hybridized carbons (Fsp3) is 0.167. The number of nitrogens with one attached hydrogen (secondary N) is 2. The molecule has 25 heavy (non-hydrogen) atoms. The number of benzene rings is 2. The van der Waals surface area contributed by atoms with Crippen LogP contribution in [-0.4, -0.2) is 20.9 Å². The van der Waals surface area contributed by atoms with Gasteiger partial charge in [0.1, 0.15) is 0 Å². The zero-order valence-electron chi connectivity index (χ0n) is 13.7. The molecule has 7 heteroatoms. The minimum atomic E-state index is -3.68. The Morgan fingerprint density at radius 3 is 2.64 bits per heavy atom. The van der Waals surface area contributed by atoms with E-state index >= 15 is 0 Å². The predicted molar refractivity (Wildman–Crippen MR) is 99.2 cm³/mol. The summed E-state index contributed by atoms with van der Waals surface area (Å²) in [7, 11) is -3.68. The van der Waals surface area contributed by atoms with Crippen molar-refractivity contribution >= 4 is 27.5 Å². The molecule has 5 nitrogen and oxygen atoms in total. The standard InChI is InChI=1S/C18H19ClN2O3S/c1-3-10-20-25(23,24)17-9-5-7-15(12-17)18(22)21-13(2)14-6-4-8-16(19)11-14/h3-9,11-13,20H,1,10H2,2H3,(H,21,22). The monoisotopic (exact) mass is 378 g/mol. The first-order valence-electron chi connectivity index (χ1n) is 7.60. The summed E-state index contributed by atoms with van der Waals surface area (Å²) in [6.45, 7) is 5.42. The highest BCUT2D eigenvalue weighted by atomic mass is 35.5. The van der Waals surface area contributed by atoms with Crippen molar-refractivity contribution in [3.8, 4) is 0 Å². The molecule has 0 aliphatic heterocycles. The highest BCUT2D eigenvalue weighted by Gasteiger charge is 2.17. The first-order chi connectivity index (χ1) is 11.8. The normalized spacial score (nSPS) is 12.4. The van der Waals surface area contributed by atoms with Gasteiger partial charge in [0.2, 0.25) is 10.0 Å². The van der Waals surface area contributed by atoms with Gasteiger partial charge in [0.05, 0.1) is 10.9 Å². The highest BCUT2D eigenvalue weighted by molar-refractivity contribution is 7.89. The predicted octanol–water partition coefficient (Wildman–Crippen LogP) is 3.30. The maximum absolute atomic E-state index is 12.4. The summed E-state index contributed by atoms with van der Waals surface area (Å²) < 4.78 is 26.7. The van der Waals surface area contributed by atoms with Crippen LogP contribution in [0.1, 0.15) is 28.9 Å². The van der Waals surface area contributed by atoms with Crippen LogP contribution in [-0.2, 0) is 10.0 Å².